The van der Waals surface area contributed by atoms with Gasteiger partial charge in [0.1, 0.15) is 5.15 Å². The zero-order valence-corrected chi connectivity index (χ0v) is 16.0. The van der Waals surface area contributed by atoms with Crippen molar-refractivity contribution >= 4 is 28.5 Å². The van der Waals surface area contributed by atoms with Crippen LogP contribution in [0.25, 0.3) is 22.4 Å². The van der Waals surface area contributed by atoms with Crippen molar-refractivity contribution < 1.29 is 13.9 Å². The lowest BCUT2D eigenvalue weighted by Crippen LogP contribution is -2.10. The first-order chi connectivity index (χ1) is 13.5. The van der Waals surface area contributed by atoms with Crippen molar-refractivity contribution in [2.75, 3.05) is 0 Å². The molecule has 0 saturated heterocycles. The summed E-state index contributed by atoms with van der Waals surface area (Å²) in [6.45, 7) is 3.68. The third-order valence-corrected chi connectivity index (χ3v) is 4.47. The zero-order valence-electron chi connectivity index (χ0n) is 15.2. The van der Waals surface area contributed by atoms with Crippen LogP contribution >= 0.6 is 11.6 Å². The highest BCUT2D eigenvalue weighted by Crippen LogP contribution is 2.26. The number of esters is 1. The summed E-state index contributed by atoms with van der Waals surface area (Å²) >= 11 is 6.04. The summed E-state index contributed by atoms with van der Waals surface area (Å²) in [5, 5.41) is 8.93. The summed E-state index contributed by atoms with van der Waals surface area (Å²) in [7, 11) is 0. The first-order valence-electron chi connectivity index (χ1n) is 8.68. The highest BCUT2D eigenvalue weighted by Gasteiger charge is 2.22. The highest BCUT2D eigenvalue weighted by molar-refractivity contribution is 6.30. The molecule has 2 aromatic carbocycles. The maximum absolute atomic E-state index is 12.7. The van der Waals surface area contributed by atoms with Crippen LogP contribution in [0, 0.1) is 6.92 Å². The molecule has 7 heteroatoms. The molecular formula is C21H16ClN3O3. The number of carbonyl (C=O) groups is 1. The Bertz CT molecular complexity index is 1160. The Balaban J connectivity index is 1.57. The van der Waals surface area contributed by atoms with Crippen LogP contribution in [0.5, 0.6) is 0 Å². The van der Waals surface area contributed by atoms with Crippen LogP contribution in [0.4, 0.5) is 0 Å². The summed E-state index contributed by atoms with van der Waals surface area (Å²) in [5.74, 6) is 0.0479. The van der Waals surface area contributed by atoms with E-state index in [1.54, 1.807) is 19.1 Å². The summed E-state index contributed by atoms with van der Waals surface area (Å²) < 4.78 is 11.2. The van der Waals surface area contributed by atoms with E-state index in [1.165, 1.54) is 6.07 Å². The van der Waals surface area contributed by atoms with E-state index in [4.69, 9.17) is 20.8 Å². The van der Waals surface area contributed by atoms with Gasteiger partial charge in [0.05, 0.1) is 11.1 Å². The number of carbonyl (C=O) groups excluding carboxylic acids is 1. The van der Waals surface area contributed by atoms with E-state index in [0.717, 1.165) is 11.1 Å². The van der Waals surface area contributed by atoms with Gasteiger partial charge in [0.15, 0.2) is 6.10 Å². The number of benzene rings is 2. The largest absolute Gasteiger partial charge is 0.449 e. The average molecular weight is 394 g/mol. The predicted octanol–water partition coefficient (Wildman–Crippen LogP) is 5.16. The van der Waals surface area contributed by atoms with Crippen molar-refractivity contribution in [2.24, 2.45) is 0 Å². The smallest absolute Gasteiger partial charge is 0.339 e. The quantitative estimate of drug-likeness (QED) is 0.352. The Morgan fingerprint density at radius 3 is 2.64 bits per heavy atom. The van der Waals surface area contributed by atoms with Crippen molar-refractivity contribution in [1.82, 2.24) is 15.2 Å². The minimum Gasteiger partial charge on any atom is -0.449 e. The van der Waals surface area contributed by atoms with Gasteiger partial charge in [-0.15, -0.1) is 10.2 Å². The predicted molar refractivity (Wildman–Crippen MR) is 105 cm³/mol. The molecule has 4 aromatic rings. The molecule has 0 fully saturated rings. The van der Waals surface area contributed by atoms with Crippen molar-refractivity contribution in [2.45, 2.75) is 20.0 Å². The number of nitrogens with zero attached hydrogens (tertiary/aromatic N) is 3. The van der Waals surface area contributed by atoms with Crippen molar-refractivity contribution in [1.29, 1.82) is 0 Å². The lowest BCUT2D eigenvalue weighted by atomic mass is 10.1. The van der Waals surface area contributed by atoms with E-state index in [2.05, 4.69) is 15.2 Å². The monoisotopic (exact) mass is 393 g/mol. The van der Waals surface area contributed by atoms with Gasteiger partial charge in [0, 0.05) is 10.9 Å². The molecule has 0 aliphatic carbocycles. The molecule has 4 rings (SSSR count). The van der Waals surface area contributed by atoms with Gasteiger partial charge in [-0.25, -0.2) is 9.78 Å². The lowest BCUT2D eigenvalue weighted by molar-refractivity contribution is 0.0282. The summed E-state index contributed by atoms with van der Waals surface area (Å²) in [5.41, 5.74) is 2.89. The molecule has 0 bridgehead atoms. The van der Waals surface area contributed by atoms with Crippen LogP contribution in [-0.4, -0.2) is 21.2 Å². The second kappa shape index (κ2) is 7.40. The Labute approximate surface area is 166 Å². The number of rotatable bonds is 4. The number of ether oxygens (including phenoxy) is 1. The Hall–Kier alpha value is -3.25. The van der Waals surface area contributed by atoms with Crippen LogP contribution in [0.3, 0.4) is 0 Å². The number of para-hydroxylation sites is 1. The van der Waals surface area contributed by atoms with E-state index in [-0.39, 0.29) is 11.0 Å². The van der Waals surface area contributed by atoms with Gasteiger partial charge in [-0.2, -0.15) is 0 Å². The molecular weight excluding hydrogens is 378 g/mol. The van der Waals surface area contributed by atoms with Gasteiger partial charge < -0.3 is 9.15 Å². The van der Waals surface area contributed by atoms with E-state index < -0.39 is 12.1 Å². The van der Waals surface area contributed by atoms with Crippen LogP contribution in [-0.2, 0) is 4.74 Å². The minimum atomic E-state index is -0.718. The molecule has 0 amide bonds. The number of hydrogen-bond acceptors (Lipinski definition) is 6. The van der Waals surface area contributed by atoms with Crippen LogP contribution in [0.2, 0.25) is 5.15 Å². The number of aryl methyl sites for hydroxylation is 1. The fraction of sp³-hybridized carbons (Fsp3) is 0.143. The van der Waals surface area contributed by atoms with Gasteiger partial charge in [-0.05, 0) is 38.1 Å². The molecule has 0 radical (unpaired) electrons. The van der Waals surface area contributed by atoms with Gasteiger partial charge in [0.2, 0.25) is 5.89 Å². The molecule has 0 spiro atoms. The Kier molecular flexibility index (Phi) is 4.79. The molecule has 28 heavy (non-hydrogen) atoms. The zero-order chi connectivity index (χ0) is 19.7. The van der Waals surface area contributed by atoms with Gasteiger partial charge in [-0.3, -0.25) is 0 Å². The molecule has 0 aliphatic heterocycles. The van der Waals surface area contributed by atoms with Gasteiger partial charge in [0.25, 0.3) is 5.89 Å². The van der Waals surface area contributed by atoms with Crippen molar-refractivity contribution in [3.8, 4) is 11.5 Å². The molecule has 0 unspecified atom stereocenters. The number of hydrogen-bond donors (Lipinski definition) is 0. The SMILES string of the molecule is Cc1ccc(-c2nnc([C@@H](C)OC(=O)c3cc(Cl)nc4ccccc34)o2)cc1. The number of fused-ring (bicyclic) bond motifs is 1. The molecule has 6 nitrogen and oxygen atoms in total. The van der Waals surface area contributed by atoms with E-state index >= 15 is 0 Å². The number of halogens is 1. The molecule has 2 aromatic heterocycles. The molecule has 140 valence electrons. The standard InChI is InChI=1S/C21H16ClN3O3/c1-12-7-9-14(10-8-12)20-25-24-19(28-20)13(2)27-21(26)16-11-18(22)23-17-6-4-3-5-15(16)17/h3-11,13H,1-2H3/t13-/m1/s1. The third-order valence-electron chi connectivity index (χ3n) is 4.28. The van der Waals surface area contributed by atoms with E-state index in [9.17, 15) is 4.79 Å². The number of aromatic nitrogens is 3. The van der Waals surface area contributed by atoms with Crippen LogP contribution in [0.1, 0.15) is 34.8 Å². The third kappa shape index (κ3) is 3.59. The highest BCUT2D eigenvalue weighted by atomic mass is 35.5. The lowest BCUT2D eigenvalue weighted by Gasteiger charge is -2.11. The normalized spacial score (nSPS) is 12.1. The summed E-state index contributed by atoms with van der Waals surface area (Å²) in [6, 6.07) is 16.4. The van der Waals surface area contributed by atoms with Crippen LogP contribution < -0.4 is 0 Å². The Morgan fingerprint density at radius 2 is 1.86 bits per heavy atom. The second-order valence-electron chi connectivity index (χ2n) is 6.37. The van der Waals surface area contributed by atoms with Crippen LogP contribution in [0.15, 0.2) is 59.0 Å². The number of pyridine rings is 1. The second-order valence-corrected chi connectivity index (χ2v) is 6.76. The minimum absolute atomic E-state index is 0.216. The average Bonchev–Trinajstić information content (AvgIpc) is 3.18. The van der Waals surface area contributed by atoms with Gasteiger partial charge >= 0.3 is 5.97 Å². The van der Waals surface area contributed by atoms with Crippen molar-refractivity contribution in [3.05, 3.63) is 76.8 Å². The summed E-state index contributed by atoms with van der Waals surface area (Å²) in [4.78, 5) is 16.9. The molecule has 2 heterocycles. The molecule has 1 atom stereocenters. The molecule has 0 aliphatic rings. The van der Waals surface area contributed by atoms with Crippen molar-refractivity contribution in [3.63, 3.8) is 0 Å². The Morgan fingerprint density at radius 1 is 1.11 bits per heavy atom. The summed E-state index contributed by atoms with van der Waals surface area (Å²) in [6.07, 6.45) is -0.718. The molecule has 0 saturated carbocycles. The fourth-order valence-corrected chi connectivity index (χ4v) is 3.00. The van der Waals surface area contributed by atoms with E-state index in [0.29, 0.717) is 22.4 Å². The fourth-order valence-electron chi connectivity index (χ4n) is 2.80. The maximum atomic E-state index is 12.7. The topological polar surface area (TPSA) is 78.1 Å². The molecule has 0 N–H and O–H groups in total. The first kappa shape index (κ1) is 18.1. The maximum Gasteiger partial charge on any atom is 0.339 e. The van der Waals surface area contributed by atoms with E-state index in [1.807, 2.05) is 43.3 Å². The first-order valence-corrected chi connectivity index (χ1v) is 9.06. The van der Waals surface area contributed by atoms with Gasteiger partial charge in [-0.1, -0.05) is 47.5 Å².